The van der Waals surface area contributed by atoms with Gasteiger partial charge in [-0.15, -0.1) is 0 Å². The van der Waals surface area contributed by atoms with Crippen molar-refractivity contribution < 1.29 is 14.3 Å². The lowest BCUT2D eigenvalue weighted by atomic mass is 10.0. The van der Waals surface area contributed by atoms with Crippen molar-refractivity contribution in [3.8, 4) is 16.9 Å². The Balaban J connectivity index is 1.52. The van der Waals surface area contributed by atoms with Crippen molar-refractivity contribution in [1.29, 1.82) is 0 Å². The van der Waals surface area contributed by atoms with Gasteiger partial charge in [-0.3, -0.25) is 14.6 Å². The van der Waals surface area contributed by atoms with E-state index in [1.807, 2.05) is 18.2 Å². The lowest BCUT2D eigenvalue weighted by Crippen LogP contribution is -2.31. The number of nitrogens with two attached hydrogens (primary N) is 1. The fourth-order valence-electron chi connectivity index (χ4n) is 3.15. The Kier molecular flexibility index (Phi) is 6.85. The van der Waals surface area contributed by atoms with Crippen LogP contribution in [0.3, 0.4) is 0 Å². The molecule has 3 rings (SSSR count). The molecule has 0 aliphatic carbocycles. The first-order chi connectivity index (χ1) is 14.5. The predicted molar refractivity (Wildman–Crippen MR) is 119 cm³/mol. The third-order valence-electron chi connectivity index (χ3n) is 4.67. The maximum absolute atomic E-state index is 12.1. The smallest absolute Gasteiger partial charge is 0.269 e. The quantitative estimate of drug-likeness (QED) is 0.485. The van der Waals surface area contributed by atoms with Gasteiger partial charge in [0, 0.05) is 19.3 Å². The highest BCUT2D eigenvalue weighted by atomic mass is 16.5. The van der Waals surface area contributed by atoms with Crippen molar-refractivity contribution in [3.05, 3.63) is 59.8 Å². The normalized spacial score (nSPS) is 13.9. The van der Waals surface area contributed by atoms with Gasteiger partial charge in [-0.05, 0) is 54.7 Å². The summed E-state index contributed by atoms with van der Waals surface area (Å²) in [5.74, 6) is 0.324. The van der Waals surface area contributed by atoms with Gasteiger partial charge in [0.05, 0.1) is 5.69 Å². The first kappa shape index (κ1) is 21.1. The molecule has 0 spiro atoms. The summed E-state index contributed by atoms with van der Waals surface area (Å²) in [7, 11) is 1.57. The van der Waals surface area contributed by atoms with E-state index >= 15 is 0 Å². The third-order valence-corrected chi connectivity index (χ3v) is 4.67. The fraction of sp³-hybridized carbons (Fsp3) is 0.261. The van der Waals surface area contributed by atoms with E-state index < -0.39 is 0 Å². The van der Waals surface area contributed by atoms with Crippen LogP contribution >= 0.6 is 0 Å². The molecule has 0 unspecified atom stereocenters. The standard InChI is InChI=1S/C23H26N4O3/c1-15(24)12-20(25-2)23(29)26-11-3-4-16-5-7-17(8-6-16)18-9-10-19-21(13-18)30-14-22(28)27-19/h5-10,12-13H,3-4,11,14,24H2,1-2H3,(H,26,29)(H,27,28). The molecule has 30 heavy (non-hydrogen) atoms. The number of carbonyl (C=O) groups is 2. The Morgan fingerprint density at radius 2 is 1.97 bits per heavy atom. The molecule has 0 aromatic heterocycles. The highest BCUT2D eigenvalue weighted by Crippen LogP contribution is 2.32. The Morgan fingerprint density at radius 3 is 2.67 bits per heavy atom. The van der Waals surface area contributed by atoms with E-state index in [4.69, 9.17) is 10.5 Å². The van der Waals surface area contributed by atoms with Gasteiger partial charge in [0.25, 0.3) is 11.8 Å². The number of anilines is 1. The molecular weight excluding hydrogens is 380 g/mol. The van der Waals surface area contributed by atoms with Gasteiger partial charge in [-0.1, -0.05) is 30.3 Å². The summed E-state index contributed by atoms with van der Waals surface area (Å²) in [5.41, 5.74) is 10.5. The van der Waals surface area contributed by atoms with Crippen LogP contribution in [0, 0.1) is 0 Å². The van der Waals surface area contributed by atoms with E-state index in [9.17, 15) is 9.59 Å². The number of benzene rings is 2. The van der Waals surface area contributed by atoms with Crippen LogP contribution in [0.25, 0.3) is 11.1 Å². The molecule has 1 aliphatic rings. The molecule has 2 aromatic carbocycles. The Hall–Kier alpha value is -3.61. The molecule has 0 radical (unpaired) electrons. The van der Waals surface area contributed by atoms with Gasteiger partial charge in [0.1, 0.15) is 11.5 Å². The van der Waals surface area contributed by atoms with Crippen LogP contribution in [-0.2, 0) is 16.0 Å². The number of aliphatic imine (C=N–C) groups is 1. The monoisotopic (exact) mass is 406 g/mol. The minimum atomic E-state index is -0.219. The first-order valence-electron chi connectivity index (χ1n) is 9.81. The lowest BCUT2D eigenvalue weighted by Gasteiger charge is -2.18. The van der Waals surface area contributed by atoms with Crippen LogP contribution in [0.5, 0.6) is 5.75 Å². The summed E-state index contributed by atoms with van der Waals surface area (Å²) >= 11 is 0. The summed E-state index contributed by atoms with van der Waals surface area (Å²) < 4.78 is 5.49. The zero-order valence-electron chi connectivity index (χ0n) is 17.2. The number of carbonyl (C=O) groups excluding carboxylic acids is 2. The first-order valence-corrected chi connectivity index (χ1v) is 9.81. The van der Waals surface area contributed by atoms with Gasteiger partial charge < -0.3 is 21.1 Å². The van der Waals surface area contributed by atoms with Crippen molar-refractivity contribution in [2.45, 2.75) is 19.8 Å². The van der Waals surface area contributed by atoms with Crippen LogP contribution in [-0.4, -0.2) is 37.7 Å². The van der Waals surface area contributed by atoms with Crippen LogP contribution in [0.15, 0.2) is 59.2 Å². The number of rotatable bonds is 7. The summed E-state index contributed by atoms with van der Waals surface area (Å²) in [5, 5.41) is 5.66. The highest BCUT2D eigenvalue weighted by Gasteiger charge is 2.16. The Bertz CT molecular complexity index is 990. The van der Waals surface area contributed by atoms with Gasteiger partial charge in [0.15, 0.2) is 6.61 Å². The molecular formula is C23H26N4O3. The minimum Gasteiger partial charge on any atom is -0.482 e. The molecule has 7 heteroatoms. The summed E-state index contributed by atoms with van der Waals surface area (Å²) in [6, 6.07) is 14.0. The van der Waals surface area contributed by atoms with Crippen molar-refractivity contribution in [2.75, 3.05) is 25.5 Å². The molecule has 7 nitrogen and oxygen atoms in total. The number of hydrogen-bond acceptors (Lipinski definition) is 5. The van der Waals surface area contributed by atoms with Gasteiger partial charge in [-0.25, -0.2) is 0 Å². The number of aryl methyl sites for hydroxylation is 1. The van der Waals surface area contributed by atoms with E-state index in [1.165, 1.54) is 5.56 Å². The van der Waals surface area contributed by atoms with Gasteiger partial charge >= 0.3 is 0 Å². The molecule has 0 saturated heterocycles. The van der Waals surface area contributed by atoms with Crippen molar-refractivity contribution >= 4 is 23.2 Å². The summed E-state index contributed by atoms with van der Waals surface area (Å²) in [4.78, 5) is 27.4. The predicted octanol–water partition coefficient (Wildman–Crippen LogP) is 2.67. The van der Waals surface area contributed by atoms with E-state index in [-0.39, 0.29) is 18.4 Å². The molecule has 2 aromatic rings. The summed E-state index contributed by atoms with van der Waals surface area (Å²) in [6.07, 6.45) is 3.23. The molecule has 0 bridgehead atoms. The largest absolute Gasteiger partial charge is 0.482 e. The third kappa shape index (κ3) is 5.47. The molecule has 0 atom stereocenters. The lowest BCUT2D eigenvalue weighted by molar-refractivity contribution is -0.118. The second kappa shape index (κ2) is 9.73. The average molecular weight is 406 g/mol. The van der Waals surface area contributed by atoms with Crippen molar-refractivity contribution in [1.82, 2.24) is 5.32 Å². The van der Waals surface area contributed by atoms with Crippen molar-refractivity contribution in [2.24, 2.45) is 10.7 Å². The van der Waals surface area contributed by atoms with Gasteiger partial charge in [-0.2, -0.15) is 0 Å². The maximum atomic E-state index is 12.1. The SMILES string of the molecule is CN=C(C=C(C)N)C(=O)NCCCc1ccc(-c2ccc3c(c2)OCC(=O)N3)cc1. The van der Waals surface area contributed by atoms with Crippen LogP contribution in [0.1, 0.15) is 18.9 Å². The molecule has 0 fully saturated rings. The zero-order valence-corrected chi connectivity index (χ0v) is 17.2. The van der Waals surface area contributed by atoms with Crippen LogP contribution in [0.4, 0.5) is 5.69 Å². The average Bonchev–Trinajstić information content (AvgIpc) is 2.74. The molecule has 1 aliphatic heterocycles. The summed E-state index contributed by atoms with van der Waals surface area (Å²) in [6.45, 7) is 2.32. The van der Waals surface area contributed by atoms with E-state index in [2.05, 4.69) is 39.9 Å². The van der Waals surface area contributed by atoms with E-state index in [1.54, 1.807) is 20.0 Å². The Labute approximate surface area is 176 Å². The second-order valence-electron chi connectivity index (χ2n) is 7.10. The Morgan fingerprint density at radius 1 is 1.23 bits per heavy atom. The number of nitrogens with zero attached hydrogens (tertiary/aromatic N) is 1. The minimum absolute atomic E-state index is 0.0413. The number of allylic oxidation sites excluding steroid dienone is 1. The number of amides is 2. The highest BCUT2D eigenvalue weighted by molar-refractivity contribution is 6.43. The second-order valence-corrected chi connectivity index (χ2v) is 7.10. The maximum Gasteiger partial charge on any atom is 0.269 e. The van der Waals surface area contributed by atoms with E-state index in [0.29, 0.717) is 29.4 Å². The van der Waals surface area contributed by atoms with Crippen molar-refractivity contribution in [3.63, 3.8) is 0 Å². The fourth-order valence-corrected chi connectivity index (χ4v) is 3.15. The zero-order chi connectivity index (χ0) is 21.5. The molecule has 4 N–H and O–H groups in total. The van der Waals surface area contributed by atoms with E-state index in [0.717, 1.165) is 24.0 Å². The number of nitrogens with one attached hydrogen (secondary N) is 2. The number of hydrogen-bond donors (Lipinski definition) is 3. The molecule has 1 heterocycles. The molecule has 0 saturated carbocycles. The van der Waals surface area contributed by atoms with Gasteiger partial charge in [0.2, 0.25) is 0 Å². The topological polar surface area (TPSA) is 106 Å². The molecule has 2 amide bonds. The van der Waals surface area contributed by atoms with Crippen LogP contribution in [0.2, 0.25) is 0 Å². The van der Waals surface area contributed by atoms with Crippen LogP contribution < -0.4 is 21.1 Å². The number of ether oxygens (including phenoxy) is 1. The number of fused-ring (bicyclic) bond motifs is 1. The molecule has 156 valence electrons.